The average molecular weight is 279 g/mol. The van der Waals surface area contributed by atoms with Crippen LogP contribution >= 0.6 is 11.6 Å². The number of rotatable bonds is 5. The van der Waals surface area contributed by atoms with Crippen LogP contribution in [0, 0.1) is 5.82 Å². The number of benzene rings is 2. The van der Waals surface area contributed by atoms with Gasteiger partial charge in [0, 0.05) is 11.1 Å². The van der Waals surface area contributed by atoms with Crippen LogP contribution in [0.3, 0.4) is 0 Å². The summed E-state index contributed by atoms with van der Waals surface area (Å²) in [5, 5.41) is 0.404. The zero-order chi connectivity index (χ0) is 13.7. The van der Waals surface area contributed by atoms with E-state index in [1.54, 1.807) is 12.1 Å². The monoisotopic (exact) mass is 278 g/mol. The van der Waals surface area contributed by atoms with Gasteiger partial charge in [0.15, 0.2) is 0 Å². The Morgan fingerprint density at radius 2 is 1.84 bits per heavy atom. The molecule has 1 atom stereocenters. The third-order valence-corrected chi connectivity index (χ3v) is 3.28. The lowest BCUT2D eigenvalue weighted by atomic mass is 9.99. The van der Waals surface area contributed by atoms with Gasteiger partial charge >= 0.3 is 0 Å². The van der Waals surface area contributed by atoms with E-state index < -0.39 is 0 Å². The zero-order valence-electron chi connectivity index (χ0n) is 10.4. The van der Waals surface area contributed by atoms with Gasteiger partial charge in [-0.05, 0) is 36.1 Å². The van der Waals surface area contributed by atoms with Gasteiger partial charge in [0.05, 0.1) is 0 Å². The number of hydrazine groups is 1. The van der Waals surface area contributed by atoms with Crippen LogP contribution < -0.4 is 11.3 Å². The molecule has 0 aliphatic carbocycles. The number of halogens is 2. The van der Waals surface area contributed by atoms with Crippen LogP contribution in [0.4, 0.5) is 4.39 Å². The fourth-order valence-corrected chi connectivity index (χ4v) is 2.20. The van der Waals surface area contributed by atoms with Gasteiger partial charge in [-0.15, -0.1) is 0 Å². The van der Waals surface area contributed by atoms with Gasteiger partial charge in [0.2, 0.25) is 0 Å². The van der Waals surface area contributed by atoms with Crippen molar-refractivity contribution >= 4 is 11.6 Å². The van der Waals surface area contributed by atoms with Crippen molar-refractivity contribution in [3.8, 4) is 0 Å². The highest BCUT2D eigenvalue weighted by molar-refractivity contribution is 6.30. The topological polar surface area (TPSA) is 38.0 Å². The molecule has 0 aromatic heterocycles. The molecule has 0 saturated heterocycles. The van der Waals surface area contributed by atoms with E-state index in [2.05, 4.69) is 5.43 Å². The van der Waals surface area contributed by atoms with Gasteiger partial charge in [-0.2, -0.15) is 0 Å². The molecule has 100 valence electrons. The summed E-state index contributed by atoms with van der Waals surface area (Å²) in [6.07, 6.45) is 1.27. The molecule has 0 bridgehead atoms. The minimum Gasteiger partial charge on any atom is -0.271 e. The van der Waals surface area contributed by atoms with Crippen LogP contribution in [0.25, 0.3) is 0 Å². The summed E-state index contributed by atoms with van der Waals surface area (Å²) in [6, 6.07) is 14.7. The largest absolute Gasteiger partial charge is 0.271 e. The van der Waals surface area contributed by atoms with Gasteiger partial charge in [0.1, 0.15) is 5.82 Å². The lowest BCUT2D eigenvalue weighted by molar-refractivity contribution is 0.506. The lowest BCUT2D eigenvalue weighted by Gasteiger charge is -2.16. The van der Waals surface area contributed by atoms with Crippen molar-refractivity contribution in [2.75, 3.05) is 0 Å². The maximum Gasteiger partial charge on any atom is 0.127 e. The fourth-order valence-electron chi connectivity index (χ4n) is 2.04. The van der Waals surface area contributed by atoms with Gasteiger partial charge in [-0.3, -0.25) is 11.3 Å². The molecule has 0 aliphatic heterocycles. The van der Waals surface area contributed by atoms with Crippen molar-refractivity contribution < 1.29 is 4.39 Å². The SMILES string of the molecule is NNC(Cc1ccccc1)Cc1ccc(Cl)cc1F. The maximum absolute atomic E-state index is 13.7. The van der Waals surface area contributed by atoms with Crippen LogP contribution in [0.1, 0.15) is 11.1 Å². The van der Waals surface area contributed by atoms with Crippen molar-refractivity contribution in [3.05, 3.63) is 70.5 Å². The zero-order valence-corrected chi connectivity index (χ0v) is 11.2. The summed E-state index contributed by atoms with van der Waals surface area (Å²) in [4.78, 5) is 0. The second kappa shape index (κ2) is 6.66. The summed E-state index contributed by atoms with van der Waals surface area (Å²) < 4.78 is 13.7. The van der Waals surface area contributed by atoms with Crippen molar-refractivity contribution in [3.63, 3.8) is 0 Å². The van der Waals surface area contributed by atoms with E-state index in [4.69, 9.17) is 17.4 Å². The third kappa shape index (κ3) is 4.03. The Morgan fingerprint density at radius 1 is 1.11 bits per heavy atom. The molecule has 0 heterocycles. The predicted molar refractivity (Wildman–Crippen MR) is 76.4 cm³/mol. The van der Waals surface area contributed by atoms with Crippen molar-refractivity contribution in [1.82, 2.24) is 5.43 Å². The molecule has 2 rings (SSSR count). The highest BCUT2D eigenvalue weighted by atomic mass is 35.5. The molecule has 2 aromatic carbocycles. The molecular formula is C15H16ClFN2. The first-order valence-electron chi connectivity index (χ1n) is 6.13. The van der Waals surface area contributed by atoms with Crippen molar-refractivity contribution in [1.29, 1.82) is 0 Å². The van der Waals surface area contributed by atoms with E-state index in [1.807, 2.05) is 30.3 Å². The number of hydrogen-bond acceptors (Lipinski definition) is 2. The summed E-state index contributed by atoms with van der Waals surface area (Å²) in [5.41, 5.74) is 4.52. The van der Waals surface area contributed by atoms with E-state index in [-0.39, 0.29) is 11.9 Å². The fraction of sp³-hybridized carbons (Fsp3) is 0.200. The van der Waals surface area contributed by atoms with Gasteiger partial charge in [-0.25, -0.2) is 4.39 Å². The first-order chi connectivity index (χ1) is 9.19. The minimum atomic E-state index is -0.291. The summed E-state index contributed by atoms with van der Waals surface area (Å²) in [6.45, 7) is 0. The Bertz CT molecular complexity index is 531. The highest BCUT2D eigenvalue weighted by Crippen LogP contribution is 2.17. The van der Waals surface area contributed by atoms with Crippen LogP contribution in [-0.4, -0.2) is 6.04 Å². The first-order valence-corrected chi connectivity index (χ1v) is 6.51. The van der Waals surface area contributed by atoms with E-state index in [9.17, 15) is 4.39 Å². The molecule has 3 N–H and O–H groups in total. The van der Waals surface area contributed by atoms with Gasteiger partial charge < -0.3 is 0 Å². The molecule has 2 aromatic rings. The van der Waals surface area contributed by atoms with Crippen LogP contribution in [0.2, 0.25) is 5.02 Å². The molecule has 4 heteroatoms. The number of nitrogens with two attached hydrogens (primary N) is 1. The Kier molecular flexibility index (Phi) is 4.91. The standard InChI is InChI=1S/C15H16ClFN2/c16-13-7-6-12(15(17)10-13)9-14(19-18)8-11-4-2-1-3-5-11/h1-7,10,14,19H,8-9,18H2. The molecule has 0 saturated carbocycles. The smallest absolute Gasteiger partial charge is 0.127 e. The number of hydrogen-bond donors (Lipinski definition) is 2. The van der Waals surface area contributed by atoms with Gasteiger partial charge in [0.25, 0.3) is 0 Å². The number of nitrogens with one attached hydrogen (secondary N) is 1. The van der Waals surface area contributed by atoms with Crippen LogP contribution in [0.15, 0.2) is 48.5 Å². The molecule has 0 amide bonds. The summed E-state index contributed by atoms with van der Waals surface area (Å²) in [7, 11) is 0. The third-order valence-electron chi connectivity index (χ3n) is 3.04. The van der Waals surface area contributed by atoms with Crippen molar-refractivity contribution in [2.24, 2.45) is 5.84 Å². The average Bonchev–Trinajstić information content (AvgIpc) is 2.42. The Balaban J connectivity index is 2.06. The molecule has 0 spiro atoms. The summed E-state index contributed by atoms with van der Waals surface area (Å²) >= 11 is 5.74. The van der Waals surface area contributed by atoms with Crippen molar-refractivity contribution in [2.45, 2.75) is 18.9 Å². The Hall–Kier alpha value is -1.42. The molecule has 1 unspecified atom stereocenters. The molecule has 2 nitrogen and oxygen atoms in total. The van der Waals surface area contributed by atoms with Crippen LogP contribution in [0.5, 0.6) is 0 Å². The lowest BCUT2D eigenvalue weighted by Crippen LogP contribution is -2.38. The summed E-state index contributed by atoms with van der Waals surface area (Å²) in [5.74, 6) is 5.26. The molecule has 0 fully saturated rings. The van der Waals surface area contributed by atoms with E-state index >= 15 is 0 Å². The Labute approximate surface area is 117 Å². The van der Waals surface area contributed by atoms with Crippen LogP contribution in [-0.2, 0) is 12.8 Å². The van der Waals surface area contributed by atoms with E-state index in [0.29, 0.717) is 17.0 Å². The molecular weight excluding hydrogens is 263 g/mol. The highest BCUT2D eigenvalue weighted by Gasteiger charge is 2.12. The van der Waals surface area contributed by atoms with E-state index in [1.165, 1.54) is 11.6 Å². The Morgan fingerprint density at radius 3 is 2.47 bits per heavy atom. The second-order valence-electron chi connectivity index (χ2n) is 4.49. The molecule has 19 heavy (non-hydrogen) atoms. The molecule has 0 aliphatic rings. The quantitative estimate of drug-likeness (QED) is 0.651. The van der Waals surface area contributed by atoms with Gasteiger partial charge in [-0.1, -0.05) is 48.0 Å². The second-order valence-corrected chi connectivity index (χ2v) is 4.93. The molecule has 0 radical (unpaired) electrons. The maximum atomic E-state index is 13.7. The first kappa shape index (κ1) is 14.0. The normalized spacial score (nSPS) is 12.4. The minimum absolute atomic E-state index is 0.0157. The van der Waals surface area contributed by atoms with E-state index in [0.717, 1.165) is 6.42 Å². The predicted octanol–water partition coefficient (Wildman–Crippen LogP) is 3.10.